The Balaban J connectivity index is 2.18. The molecule has 1 saturated heterocycles. The van der Waals surface area contributed by atoms with E-state index >= 15 is 0 Å². The molecule has 1 unspecified atom stereocenters. The lowest BCUT2D eigenvalue weighted by Crippen LogP contribution is -2.31. The van der Waals surface area contributed by atoms with E-state index in [4.69, 9.17) is 0 Å². The molecule has 0 bridgehead atoms. The van der Waals surface area contributed by atoms with Crippen molar-refractivity contribution in [2.24, 2.45) is 0 Å². The molecule has 1 atom stereocenters. The molecule has 1 aliphatic heterocycles. The van der Waals surface area contributed by atoms with Crippen LogP contribution in [0.25, 0.3) is 0 Å². The van der Waals surface area contributed by atoms with Crippen LogP contribution in [0.1, 0.15) is 38.7 Å². The van der Waals surface area contributed by atoms with Crippen molar-refractivity contribution in [3.8, 4) is 0 Å². The van der Waals surface area contributed by atoms with Gasteiger partial charge < -0.3 is 10.2 Å². The average Bonchev–Trinajstić information content (AvgIpc) is 2.84. The molecule has 0 saturated carbocycles. The molecule has 1 aromatic heterocycles. The molecule has 3 nitrogen and oxygen atoms in total. The van der Waals surface area contributed by atoms with E-state index in [0.29, 0.717) is 6.04 Å². The van der Waals surface area contributed by atoms with Crippen LogP contribution in [0.5, 0.6) is 0 Å². The van der Waals surface area contributed by atoms with Crippen LogP contribution in [0.15, 0.2) is 18.3 Å². The summed E-state index contributed by atoms with van der Waals surface area (Å²) < 4.78 is 0. The van der Waals surface area contributed by atoms with E-state index in [1.807, 2.05) is 12.3 Å². The minimum absolute atomic E-state index is 0.685. The highest BCUT2D eigenvalue weighted by molar-refractivity contribution is 5.48. The molecule has 1 aromatic rings. The van der Waals surface area contributed by atoms with Crippen molar-refractivity contribution in [1.29, 1.82) is 0 Å². The molecular weight excluding hydrogens is 210 g/mol. The number of nitrogens with one attached hydrogen (secondary N) is 1. The fourth-order valence-corrected chi connectivity index (χ4v) is 2.63. The number of pyridine rings is 1. The van der Waals surface area contributed by atoms with Gasteiger partial charge in [-0.15, -0.1) is 0 Å². The first-order valence-electron chi connectivity index (χ1n) is 6.78. The zero-order chi connectivity index (χ0) is 12.1. The third-order valence-electron chi connectivity index (χ3n) is 3.55. The Morgan fingerprint density at radius 3 is 3.12 bits per heavy atom. The van der Waals surface area contributed by atoms with Crippen LogP contribution in [-0.4, -0.2) is 24.1 Å². The summed E-state index contributed by atoms with van der Waals surface area (Å²) in [5.74, 6) is 1.19. The van der Waals surface area contributed by atoms with Crippen LogP contribution in [0, 0.1) is 0 Å². The van der Waals surface area contributed by atoms with Gasteiger partial charge in [-0.25, -0.2) is 4.98 Å². The van der Waals surface area contributed by atoms with Crippen LogP contribution < -0.4 is 10.2 Å². The lowest BCUT2D eigenvalue weighted by molar-refractivity contribution is 0.634. The van der Waals surface area contributed by atoms with Crippen molar-refractivity contribution in [3.05, 3.63) is 23.9 Å². The Kier molecular flexibility index (Phi) is 4.37. The lowest BCUT2D eigenvalue weighted by atomic mass is 10.1. The number of hydrogen-bond acceptors (Lipinski definition) is 3. The predicted octanol–water partition coefficient (Wildman–Crippen LogP) is 2.57. The molecule has 0 aromatic carbocycles. The lowest BCUT2D eigenvalue weighted by Gasteiger charge is -2.26. The van der Waals surface area contributed by atoms with Crippen molar-refractivity contribution < 1.29 is 0 Å². The van der Waals surface area contributed by atoms with Crippen LogP contribution in [0.3, 0.4) is 0 Å². The van der Waals surface area contributed by atoms with Gasteiger partial charge in [0.2, 0.25) is 0 Å². The molecule has 3 heteroatoms. The SMILES string of the molecule is CCNCc1cccnc1N1CCCC1CC. The fourth-order valence-electron chi connectivity index (χ4n) is 2.63. The standard InChI is InChI=1S/C14H23N3/c1-3-13-8-6-10-17(13)14-12(11-15-4-2)7-5-9-16-14/h5,7,9,13,15H,3-4,6,8,10-11H2,1-2H3. The van der Waals surface area contributed by atoms with Crippen molar-refractivity contribution >= 4 is 5.82 Å². The van der Waals surface area contributed by atoms with Gasteiger partial charge in [-0.05, 0) is 31.9 Å². The van der Waals surface area contributed by atoms with Gasteiger partial charge >= 0.3 is 0 Å². The summed E-state index contributed by atoms with van der Waals surface area (Å²) in [6.07, 6.45) is 5.75. The van der Waals surface area contributed by atoms with Gasteiger partial charge in [-0.3, -0.25) is 0 Å². The van der Waals surface area contributed by atoms with Crippen LogP contribution >= 0.6 is 0 Å². The topological polar surface area (TPSA) is 28.2 Å². The summed E-state index contributed by atoms with van der Waals surface area (Å²) in [6, 6.07) is 4.91. The molecule has 0 amide bonds. The number of hydrogen-bond donors (Lipinski definition) is 1. The van der Waals surface area contributed by atoms with E-state index in [2.05, 4.69) is 35.1 Å². The van der Waals surface area contributed by atoms with E-state index in [-0.39, 0.29) is 0 Å². The molecule has 1 fully saturated rings. The minimum Gasteiger partial charge on any atom is -0.353 e. The third kappa shape index (κ3) is 2.78. The molecule has 17 heavy (non-hydrogen) atoms. The van der Waals surface area contributed by atoms with Crippen molar-refractivity contribution in [3.63, 3.8) is 0 Å². The van der Waals surface area contributed by atoms with E-state index < -0.39 is 0 Å². The van der Waals surface area contributed by atoms with Gasteiger partial charge in [0, 0.05) is 30.9 Å². The van der Waals surface area contributed by atoms with Crippen molar-refractivity contribution in [2.75, 3.05) is 18.0 Å². The minimum atomic E-state index is 0.685. The molecule has 1 N–H and O–H groups in total. The van der Waals surface area contributed by atoms with E-state index in [9.17, 15) is 0 Å². The second kappa shape index (κ2) is 6.01. The first-order chi connectivity index (χ1) is 8.36. The van der Waals surface area contributed by atoms with Gasteiger partial charge in [-0.1, -0.05) is 19.9 Å². The average molecular weight is 233 g/mol. The summed E-state index contributed by atoms with van der Waals surface area (Å²) in [7, 11) is 0. The summed E-state index contributed by atoms with van der Waals surface area (Å²) in [5.41, 5.74) is 1.33. The van der Waals surface area contributed by atoms with Crippen molar-refractivity contribution in [1.82, 2.24) is 10.3 Å². The smallest absolute Gasteiger partial charge is 0.133 e. The number of anilines is 1. The molecule has 94 valence electrons. The Morgan fingerprint density at radius 1 is 1.47 bits per heavy atom. The second-order valence-electron chi connectivity index (χ2n) is 4.66. The highest BCUT2D eigenvalue weighted by Gasteiger charge is 2.25. The molecule has 2 heterocycles. The van der Waals surface area contributed by atoms with Gasteiger partial charge in [-0.2, -0.15) is 0 Å². The largest absolute Gasteiger partial charge is 0.353 e. The molecule has 2 rings (SSSR count). The summed E-state index contributed by atoms with van der Waals surface area (Å²) in [4.78, 5) is 7.09. The van der Waals surface area contributed by atoms with Gasteiger partial charge in [0.15, 0.2) is 0 Å². The monoisotopic (exact) mass is 233 g/mol. The van der Waals surface area contributed by atoms with Crippen LogP contribution in [-0.2, 0) is 6.54 Å². The number of nitrogens with zero attached hydrogens (tertiary/aromatic N) is 2. The zero-order valence-corrected chi connectivity index (χ0v) is 10.9. The first kappa shape index (κ1) is 12.4. The fraction of sp³-hybridized carbons (Fsp3) is 0.643. The summed E-state index contributed by atoms with van der Waals surface area (Å²) >= 11 is 0. The number of aromatic nitrogens is 1. The Morgan fingerprint density at radius 2 is 2.35 bits per heavy atom. The highest BCUT2D eigenvalue weighted by atomic mass is 15.2. The quantitative estimate of drug-likeness (QED) is 0.847. The highest BCUT2D eigenvalue weighted by Crippen LogP contribution is 2.28. The van der Waals surface area contributed by atoms with Crippen molar-refractivity contribution in [2.45, 2.75) is 45.7 Å². The molecule has 0 spiro atoms. The van der Waals surface area contributed by atoms with Gasteiger partial charge in [0.05, 0.1) is 0 Å². The molecule has 0 aliphatic carbocycles. The molecule has 1 aliphatic rings. The van der Waals surface area contributed by atoms with Gasteiger partial charge in [0.1, 0.15) is 5.82 Å². The molecule has 0 radical (unpaired) electrons. The molecular formula is C14H23N3. The van der Waals surface area contributed by atoms with Crippen LogP contribution in [0.2, 0.25) is 0 Å². The maximum Gasteiger partial charge on any atom is 0.133 e. The second-order valence-corrected chi connectivity index (χ2v) is 4.66. The summed E-state index contributed by atoms with van der Waals surface area (Å²) in [6.45, 7) is 7.50. The Hall–Kier alpha value is -1.09. The Labute approximate surface area is 104 Å². The van der Waals surface area contributed by atoms with E-state index in [0.717, 1.165) is 19.6 Å². The summed E-state index contributed by atoms with van der Waals surface area (Å²) in [5, 5.41) is 3.39. The first-order valence-corrected chi connectivity index (χ1v) is 6.78. The maximum atomic E-state index is 4.60. The van der Waals surface area contributed by atoms with E-state index in [1.165, 1.54) is 30.6 Å². The number of rotatable bonds is 5. The van der Waals surface area contributed by atoms with E-state index in [1.54, 1.807) is 0 Å². The predicted molar refractivity (Wildman–Crippen MR) is 72.3 cm³/mol. The van der Waals surface area contributed by atoms with Gasteiger partial charge in [0.25, 0.3) is 0 Å². The van der Waals surface area contributed by atoms with Crippen LogP contribution in [0.4, 0.5) is 5.82 Å². The normalized spacial score (nSPS) is 19.9. The maximum absolute atomic E-state index is 4.60. The zero-order valence-electron chi connectivity index (χ0n) is 10.9. The third-order valence-corrected chi connectivity index (χ3v) is 3.55. The Bertz CT molecular complexity index is 351.